The Morgan fingerprint density at radius 2 is 2.10 bits per heavy atom. The minimum Gasteiger partial charge on any atom is -0.338 e. The molecule has 1 fully saturated rings. The maximum absolute atomic E-state index is 13.3. The maximum Gasteiger partial charge on any atom is 0.240 e. The van der Waals surface area contributed by atoms with Crippen LogP contribution >= 0.6 is 0 Å². The smallest absolute Gasteiger partial charge is 0.240 e. The minimum absolute atomic E-state index is 0.00719. The average Bonchev–Trinajstić information content (AvgIpc) is 2.85. The van der Waals surface area contributed by atoms with Crippen LogP contribution in [0.15, 0.2) is 18.2 Å². The van der Waals surface area contributed by atoms with E-state index in [9.17, 15) is 13.6 Å². The summed E-state index contributed by atoms with van der Waals surface area (Å²) in [5.41, 5.74) is 0.588. The Hall–Kier alpha value is -1.49. The number of hydrogen-bond acceptors (Lipinski definition) is 2. The molecule has 1 aliphatic heterocycles. The van der Waals surface area contributed by atoms with E-state index < -0.39 is 11.6 Å². The van der Waals surface area contributed by atoms with Crippen molar-refractivity contribution >= 4 is 5.91 Å². The summed E-state index contributed by atoms with van der Waals surface area (Å²) in [5.74, 6) is -1.47. The average molecular weight is 282 g/mol. The van der Waals surface area contributed by atoms with E-state index in [0.717, 1.165) is 25.1 Å². The minimum atomic E-state index is -0.887. The molecular weight excluding hydrogens is 262 g/mol. The van der Waals surface area contributed by atoms with Gasteiger partial charge in [-0.15, -0.1) is 0 Å². The van der Waals surface area contributed by atoms with Crippen molar-refractivity contribution in [2.75, 3.05) is 13.6 Å². The molecule has 0 saturated carbocycles. The summed E-state index contributed by atoms with van der Waals surface area (Å²) >= 11 is 0. The fourth-order valence-corrected chi connectivity index (χ4v) is 2.57. The van der Waals surface area contributed by atoms with Crippen LogP contribution in [0.5, 0.6) is 0 Å². The highest BCUT2D eigenvalue weighted by Gasteiger charge is 2.33. The Kier molecular flexibility index (Phi) is 4.38. The second-order valence-corrected chi connectivity index (χ2v) is 5.50. The van der Waals surface area contributed by atoms with E-state index in [-0.39, 0.29) is 18.0 Å². The van der Waals surface area contributed by atoms with Gasteiger partial charge in [-0.25, -0.2) is 8.78 Å². The van der Waals surface area contributed by atoms with E-state index in [1.165, 1.54) is 6.07 Å². The van der Waals surface area contributed by atoms with Crippen LogP contribution in [0.1, 0.15) is 31.9 Å². The van der Waals surface area contributed by atoms with Crippen LogP contribution in [-0.2, 0) is 4.79 Å². The topological polar surface area (TPSA) is 32.3 Å². The van der Waals surface area contributed by atoms with Crippen molar-refractivity contribution in [3.63, 3.8) is 0 Å². The van der Waals surface area contributed by atoms with E-state index in [4.69, 9.17) is 0 Å². The van der Waals surface area contributed by atoms with Gasteiger partial charge in [0.1, 0.15) is 0 Å². The molecule has 5 heteroatoms. The summed E-state index contributed by atoms with van der Waals surface area (Å²) in [5, 5.41) is 3.19. The molecule has 0 spiro atoms. The van der Waals surface area contributed by atoms with E-state index in [1.807, 2.05) is 13.8 Å². The summed E-state index contributed by atoms with van der Waals surface area (Å²) in [6.07, 6.45) is 0.976. The van der Waals surface area contributed by atoms with Crippen LogP contribution in [0.4, 0.5) is 8.78 Å². The summed E-state index contributed by atoms with van der Waals surface area (Å²) in [7, 11) is 1.70. The van der Waals surface area contributed by atoms with E-state index in [2.05, 4.69) is 5.32 Å². The van der Waals surface area contributed by atoms with Gasteiger partial charge in [0.25, 0.3) is 0 Å². The molecule has 110 valence electrons. The predicted molar refractivity (Wildman–Crippen MR) is 73.1 cm³/mol. The molecule has 1 aliphatic rings. The summed E-state index contributed by atoms with van der Waals surface area (Å²) in [4.78, 5) is 14.0. The number of likely N-dealkylation sites (N-methyl/N-ethyl adjacent to an activating group) is 1. The standard InChI is InChI=1S/C15H20F2N2O/c1-9-6-7-18-14(9)15(20)19(3)10(2)11-4-5-12(16)13(17)8-11/h4-5,8-10,14,18H,6-7H2,1-3H3. The number of nitrogens with one attached hydrogen (secondary N) is 1. The van der Waals surface area contributed by atoms with Gasteiger partial charge in [-0.3, -0.25) is 4.79 Å². The van der Waals surface area contributed by atoms with Gasteiger partial charge in [0.2, 0.25) is 5.91 Å². The van der Waals surface area contributed by atoms with Crippen LogP contribution in [0.2, 0.25) is 0 Å². The zero-order chi connectivity index (χ0) is 14.9. The molecule has 1 saturated heterocycles. The Morgan fingerprint density at radius 3 is 2.65 bits per heavy atom. The fraction of sp³-hybridized carbons (Fsp3) is 0.533. The Bertz CT molecular complexity index is 507. The van der Waals surface area contributed by atoms with Crippen molar-refractivity contribution in [2.24, 2.45) is 5.92 Å². The van der Waals surface area contributed by atoms with Crippen molar-refractivity contribution in [1.82, 2.24) is 10.2 Å². The highest BCUT2D eigenvalue weighted by molar-refractivity contribution is 5.82. The van der Waals surface area contributed by atoms with Crippen LogP contribution in [0, 0.1) is 17.6 Å². The molecule has 1 amide bonds. The highest BCUT2D eigenvalue weighted by Crippen LogP contribution is 2.24. The molecule has 0 radical (unpaired) electrons. The molecule has 0 bridgehead atoms. The normalized spacial score (nSPS) is 23.6. The highest BCUT2D eigenvalue weighted by atomic mass is 19.2. The summed E-state index contributed by atoms with van der Waals surface area (Å²) < 4.78 is 26.2. The second-order valence-electron chi connectivity index (χ2n) is 5.50. The lowest BCUT2D eigenvalue weighted by atomic mass is 10.0. The number of nitrogens with zero attached hydrogens (tertiary/aromatic N) is 1. The first-order valence-corrected chi connectivity index (χ1v) is 6.87. The summed E-state index contributed by atoms with van der Waals surface area (Å²) in [6.45, 7) is 4.69. The lowest BCUT2D eigenvalue weighted by Gasteiger charge is -2.29. The number of benzene rings is 1. The molecule has 3 unspecified atom stereocenters. The van der Waals surface area contributed by atoms with Crippen molar-refractivity contribution in [1.29, 1.82) is 0 Å². The van der Waals surface area contributed by atoms with Crippen LogP contribution < -0.4 is 5.32 Å². The van der Waals surface area contributed by atoms with Crippen LogP contribution in [0.25, 0.3) is 0 Å². The third-order valence-corrected chi connectivity index (χ3v) is 4.15. The molecule has 20 heavy (non-hydrogen) atoms. The third-order valence-electron chi connectivity index (χ3n) is 4.15. The quantitative estimate of drug-likeness (QED) is 0.923. The number of amides is 1. The number of carbonyl (C=O) groups is 1. The number of rotatable bonds is 3. The first-order chi connectivity index (χ1) is 9.41. The van der Waals surface area contributed by atoms with E-state index in [0.29, 0.717) is 11.5 Å². The number of carbonyl (C=O) groups excluding carboxylic acids is 1. The Morgan fingerprint density at radius 1 is 1.40 bits per heavy atom. The van der Waals surface area contributed by atoms with Crippen molar-refractivity contribution < 1.29 is 13.6 Å². The molecule has 0 aliphatic carbocycles. The van der Waals surface area contributed by atoms with Gasteiger partial charge in [0.05, 0.1) is 12.1 Å². The molecular formula is C15H20F2N2O. The zero-order valence-electron chi connectivity index (χ0n) is 12.0. The zero-order valence-corrected chi connectivity index (χ0v) is 12.0. The molecule has 1 heterocycles. The van der Waals surface area contributed by atoms with Crippen molar-refractivity contribution in [3.05, 3.63) is 35.4 Å². The first-order valence-electron chi connectivity index (χ1n) is 6.87. The predicted octanol–water partition coefficient (Wildman–Crippen LogP) is 2.48. The molecule has 2 rings (SSSR count). The number of halogens is 2. The first kappa shape index (κ1) is 14.9. The van der Waals surface area contributed by atoms with Crippen molar-refractivity contribution in [3.8, 4) is 0 Å². The Balaban J connectivity index is 2.13. The van der Waals surface area contributed by atoms with Crippen LogP contribution in [0.3, 0.4) is 0 Å². The largest absolute Gasteiger partial charge is 0.338 e. The van der Waals surface area contributed by atoms with Gasteiger partial charge in [0.15, 0.2) is 11.6 Å². The SMILES string of the molecule is CC1CCNC1C(=O)N(C)C(C)c1ccc(F)c(F)c1. The molecule has 1 N–H and O–H groups in total. The Labute approximate surface area is 118 Å². The molecule has 3 nitrogen and oxygen atoms in total. The van der Waals surface area contributed by atoms with Crippen LogP contribution in [-0.4, -0.2) is 30.4 Å². The van der Waals surface area contributed by atoms with Gasteiger partial charge in [-0.05, 0) is 43.5 Å². The maximum atomic E-state index is 13.3. The lowest BCUT2D eigenvalue weighted by Crippen LogP contribution is -2.45. The third kappa shape index (κ3) is 2.82. The molecule has 3 atom stereocenters. The van der Waals surface area contributed by atoms with Gasteiger partial charge < -0.3 is 10.2 Å². The second kappa shape index (κ2) is 5.87. The monoisotopic (exact) mass is 282 g/mol. The summed E-state index contributed by atoms with van der Waals surface area (Å²) in [6, 6.07) is 3.27. The van der Waals surface area contributed by atoms with Gasteiger partial charge >= 0.3 is 0 Å². The fourth-order valence-electron chi connectivity index (χ4n) is 2.57. The lowest BCUT2D eigenvalue weighted by molar-refractivity contribution is -0.134. The van der Waals surface area contributed by atoms with Crippen molar-refractivity contribution in [2.45, 2.75) is 32.4 Å². The van der Waals surface area contributed by atoms with E-state index in [1.54, 1.807) is 11.9 Å². The van der Waals surface area contributed by atoms with Gasteiger partial charge in [-0.1, -0.05) is 13.0 Å². The van der Waals surface area contributed by atoms with Gasteiger partial charge in [-0.2, -0.15) is 0 Å². The molecule has 1 aromatic rings. The van der Waals surface area contributed by atoms with E-state index >= 15 is 0 Å². The van der Waals surface area contributed by atoms with Gasteiger partial charge in [0, 0.05) is 7.05 Å². The number of hydrogen-bond donors (Lipinski definition) is 1. The molecule has 1 aromatic carbocycles. The molecule has 0 aromatic heterocycles.